The Hall–Kier alpha value is -3.92. The molecule has 2 N–H and O–H groups in total. The highest BCUT2D eigenvalue weighted by Gasteiger charge is 2.12. The molecular weight excluding hydrogens is 318 g/mol. The molecule has 0 saturated heterocycles. The van der Waals surface area contributed by atoms with Gasteiger partial charge in [-0.05, 0) is 36.4 Å². The standard InChI is InChI=1S/C18H11N5O2/c19-8-14-2-1-11(9-20-14)18(24)21-13-3-4-16-15(7-13)17(23-22-16)12-5-6-25-10-12/h1-7,9-10H,(H,21,24)(H,22,23). The molecule has 1 aromatic carbocycles. The van der Waals surface area contributed by atoms with Gasteiger partial charge in [0, 0.05) is 22.8 Å². The van der Waals surface area contributed by atoms with Gasteiger partial charge in [0.1, 0.15) is 17.5 Å². The maximum atomic E-state index is 12.3. The minimum absolute atomic E-state index is 0.265. The molecule has 0 fully saturated rings. The maximum Gasteiger partial charge on any atom is 0.257 e. The summed E-state index contributed by atoms with van der Waals surface area (Å²) in [5.41, 5.74) is 3.73. The molecule has 0 radical (unpaired) electrons. The van der Waals surface area contributed by atoms with Gasteiger partial charge in [0.25, 0.3) is 5.91 Å². The molecule has 0 bridgehead atoms. The summed E-state index contributed by atoms with van der Waals surface area (Å²) in [5, 5.41) is 19.7. The molecule has 0 aliphatic rings. The monoisotopic (exact) mass is 329 g/mol. The first-order valence-corrected chi connectivity index (χ1v) is 7.43. The number of nitrogens with one attached hydrogen (secondary N) is 2. The van der Waals surface area contributed by atoms with Crippen molar-refractivity contribution < 1.29 is 9.21 Å². The number of benzene rings is 1. The molecule has 7 nitrogen and oxygen atoms in total. The Labute approximate surface area is 141 Å². The van der Waals surface area contributed by atoms with Crippen LogP contribution in [0.1, 0.15) is 16.1 Å². The summed E-state index contributed by atoms with van der Waals surface area (Å²) in [6.07, 6.45) is 4.57. The van der Waals surface area contributed by atoms with E-state index in [0.717, 1.165) is 22.2 Å². The number of nitrogens with zero attached hydrogens (tertiary/aromatic N) is 3. The molecule has 120 valence electrons. The first-order chi connectivity index (χ1) is 12.2. The fraction of sp³-hybridized carbons (Fsp3) is 0. The van der Waals surface area contributed by atoms with Gasteiger partial charge in [-0.25, -0.2) is 4.98 Å². The Bertz CT molecular complexity index is 1090. The molecule has 0 spiro atoms. The van der Waals surface area contributed by atoms with Crippen molar-refractivity contribution in [2.24, 2.45) is 0 Å². The van der Waals surface area contributed by atoms with Crippen molar-refractivity contribution in [1.29, 1.82) is 5.26 Å². The van der Waals surface area contributed by atoms with Gasteiger partial charge in [-0.2, -0.15) is 10.4 Å². The summed E-state index contributed by atoms with van der Waals surface area (Å²) in [5.74, 6) is -0.301. The second kappa shape index (κ2) is 5.94. The molecule has 3 heterocycles. The van der Waals surface area contributed by atoms with Crippen LogP contribution in [0.15, 0.2) is 59.5 Å². The van der Waals surface area contributed by atoms with Crippen LogP contribution in [-0.2, 0) is 0 Å². The van der Waals surface area contributed by atoms with Gasteiger partial charge in [-0.3, -0.25) is 9.89 Å². The van der Waals surface area contributed by atoms with Crippen molar-refractivity contribution >= 4 is 22.5 Å². The fourth-order valence-electron chi connectivity index (χ4n) is 2.51. The first kappa shape index (κ1) is 14.7. The van der Waals surface area contributed by atoms with Crippen molar-refractivity contribution in [2.75, 3.05) is 5.32 Å². The van der Waals surface area contributed by atoms with E-state index in [2.05, 4.69) is 20.5 Å². The number of hydrogen-bond donors (Lipinski definition) is 2. The molecule has 0 unspecified atom stereocenters. The van der Waals surface area contributed by atoms with E-state index >= 15 is 0 Å². The van der Waals surface area contributed by atoms with E-state index in [1.807, 2.05) is 24.3 Å². The Morgan fingerprint density at radius 1 is 1.24 bits per heavy atom. The average Bonchev–Trinajstić information content (AvgIpc) is 3.30. The van der Waals surface area contributed by atoms with Gasteiger partial charge in [-0.15, -0.1) is 0 Å². The molecule has 4 rings (SSSR count). The van der Waals surface area contributed by atoms with Crippen LogP contribution in [0.2, 0.25) is 0 Å². The number of H-pyrrole nitrogens is 1. The van der Waals surface area contributed by atoms with Crippen LogP contribution < -0.4 is 5.32 Å². The van der Waals surface area contributed by atoms with E-state index in [1.165, 1.54) is 12.3 Å². The lowest BCUT2D eigenvalue weighted by Gasteiger charge is -2.05. The number of carbonyl (C=O) groups excluding carboxylic acids is 1. The van der Waals surface area contributed by atoms with Crippen molar-refractivity contribution in [3.05, 3.63) is 66.4 Å². The number of amides is 1. The summed E-state index contributed by atoms with van der Waals surface area (Å²) >= 11 is 0. The van der Waals surface area contributed by atoms with Crippen LogP contribution in [-0.4, -0.2) is 21.1 Å². The summed E-state index contributed by atoms with van der Waals surface area (Å²) in [6.45, 7) is 0. The quantitative estimate of drug-likeness (QED) is 0.599. The third kappa shape index (κ3) is 2.72. The normalized spacial score (nSPS) is 10.5. The SMILES string of the molecule is N#Cc1ccc(C(=O)Nc2ccc3[nH]nc(-c4ccoc4)c3c2)cn1. The summed E-state index contributed by atoms with van der Waals surface area (Å²) in [7, 11) is 0. The van der Waals surface area contributed by atoms with Crippen LogP contribution in [0.4, 0.5) is 5.69 Å². The van der Waals surface area contributed by atoms with Crippen molar-refractivity contribution in [1.82, 2.24) is 15.2 Å². The molecule has 1 amide bonds. The largest absolute Gasteiger partial charge is 0.472 e. The lowest BCUT2D eigenvalue weighted by atomic mass is 10.1. The summed E-state index contributed by atoms with van der Waals surface area (Å²) in [6, 6.07) is 12.3. The van der Waals surface area contributed by atoms with E-state index in [1.54, 1.807) is 24.7 Å². The number of nitriles is 1. The molecular formula is C18H11N5O2. The minimum atomic E-state index is -0.301. The third-order valence-corrected chi connectivity index (χ3v) is 3.76. The smallest absolute Gasteiger partial charge is 0.257 e. The second-order valence-corrected chi connectivity index (χ2v) is 5.34. The molecule has 0 saturated carbocycles. The molecule has 3 aromatic heterocycles. The number of hydrogen-bond acceptors (Lipinski definition) is 5. The highest BCUT2D eigenvalue weighted by atomic mass is 16.3. The maximum absolute atomic E-state index is 12.3. The molecule has 0 aliphatic heterocycles. The van der Waals surface area contributed by atoms with Gasteiger partial charge in [-0.1, -0.05) is 0 Å². The van der Waals surface area contributed by atoms with Gasteiger partial charge < -0.3 is 9.73 Å². The molecule has 0 atom stereocenters. The van der Waals surface area contributed by atoms with Crippen molar-refractivity contribution in [3.8, 4) is 17.3 Å². The van der Waals surface area contributed by atoms with E-state index in [9.17, 15) is 4.79 Å². The van der Waals surface area contributed by atoms with Crippen molar-refractivity contribution in [3.63, 3.8) is 0 Å². The van der Waals surface area contributed by atoms with E-state index in [4.69, 9.17) is 9.68 Å². The minimum Gasteiger partial charge on any atom is -0.472 e. The number of fused-ring (bicyclic) bond motifs is 1. The number of furan rings is 1. The molecule has 4 aromatic rings. The number of aromatic amines is 1. The zero-order valence-electron chi connectivity index (χ0n) is 12.9. The van der Waals surface area contributed by atoms with Crippen LogP contribution in [0.25, 0.3) is 22.2 Å². The zero-order valence-corrected chi connectivity index (χ0v) is 12.9. The predicted octanol–water partition coefficient (Wildman–Crippen LogP) is 3.34. The second-order valence-electron chi connectivity index (χ2n) is 5.34. The van der Waals surface area contributed by atoms with Gasteiger partial charge in [0.2, 0.25) is 0 Å². The fourth-order valence-corrected chi connectivity index (χ4v) is 2.51. The molecule has 0 aliphatic carbocycles. The number of rotatable bonds is 3. The Balaban J connectivity index is 1.64. The topological polar surface area (TPSA) is 108 Å². The Kier molecular flexibility index (Phi) is 3.48. The Morgan fingerprint density at radius 2 is 2.16 bits per heavy atom. The average molecular weight is 329 g/mol. The van der Waals surface area contributed by atoms with Crippen LogP contribution in [0.5, 0.6) is 0 Å². The van der Waals surface area contributed by atoms with Gasteiger partial charge >= 0.3 is 0 Å². The zero-order chi connectivity index (χ0) is 17.2. The lowest BCUT2D eigenvalue weighted by molar-refractivity contribution is 0.102. The van der Waals surface area contributed by atoms with E-state index in [0.29, 0.717) is 11.3 Å². The highest BCUT2D eigenvalue weighted by Crippen LogP contribution is 2.28. The lowest BCUT2D eigenvalue weighted by Crippen LogP contribution is -2.12. The summed E-state index contributed by atoms with van der Waals surface area (Å²) < 4.78 is 5.11. The van der Waals surface area contributed by atoms with E-state index in [-0.39, 0.29) is 11.6 Å². The Morgan fingerprint density at radius 3 is 2.88 bits per heavy atom. The first-order valence-electron chi connectivity index (χ1n) is 7.43. The molecule has 7 heteroatoms. The van der Waals surface area contributed by atoms with Crippen LogP contribution in [0.3, 0.4) is 0 Å². The molecule has 25 heavy (non-hydrogen) atoms. The number of anilines is 1. The van der Waals surface area contributed by atoms with Crippen LogP contribution in [0, 0.1) is 11.3 Å². The highest BCUT2D eigenvalue weighted by molar-refractivity contribution is 6.05. The van der Waals surface area contributed by atoms with E-state index < -0.39 is 0 Å². The van der Waals surface area contributed by atoms with Gasteiger partial charge in [0.05, 0.1) is 23.6 Å². The predicted molar refractivity (Wildman–Crippen MR) is 90.7 cm³/mol. The number of pyridine rings is 1. The summed E-state index contributed by atoms with van der Waals surface area (Å²) in [4.78, 5) is 16.2. The number of carbonyl (C=O) groups is 1. The van der Waals surface area contributed by atoms with Crippen LogP contribution >= 0.6 is 0 Å². The van der Waals surface area contributed by atoms with Gasteiger partial charge in [0.15, 0.2) is 0 Å². The van der Waals surface area contributed by atoms with Crippen molar-refractivity contribution in [2.45, 2.75) is 0 Å². The number of aromatic nitrogens is 3. The third-order valence-electron chi connectivity index (χ3n) is 3.76.